The van der Waals surface area contributed by atoms with Crippen molar-refractivity contribution in [3.05, 3.63) is 33.4 Å². The van der Waals surface area contributed by atoms with Gasteiger partial charge in [-0.1, -0.05) is 0 Å². The minimum atomic E-state index is -5.31. The van der Waals surface area contributed by atoms with E-state index in [0.717, 1.165) is 0 Å². The van der Waals surface area contributed by atoms with Crippen LogP contribution in [0.15, 0.2) is 0 Å². The largest absolute Gasteiger partial charge is 0.481 e. The molecule has 40 heavy (non-hydrogen) atoms. The summed E-state index contributed by atoms with van der Waals surface area (Å²) in [6.45, 7) is 5.52. The van der Waals surface area contributed by atoms with Gasteiger partial charge in [0.1, 0.15) is 0 Å². The van der Waals surface area contributed by atoms with Gasteiger partial charge in [-0.05, 0) is 86.8 Å². The van der Waals surface area contributed by atoms with Crippen molar-refractivity contribution in [3.8, 4) is 0 Å². The van der Waals surface area contributed by atoms with Crippen molar-refractivity contribution in [3.63, 3.8) is 0 Å². The number of aliphatic carboxylic acids is 4. The van der Waals surface area contributed by atoms with E-state index in [-0.39, 0.29) is 33.4 Å². The van der Waals surface area contributed by atoms with Crippen LogP contribution in [0.1, 0.15) is 84.7 Å². The molecule has 0 radical (unpaired) electrons. The maximum Gasteiger partial charge on any atom is 0.336 e. The molecule has 0 aliphatic carbocycles. The summed E-state index contributed by atoms with van der Waals surface area (Å²) < 4.78 is 26.1. The Morgan fingerprint density at radius 3 is 0.800 bits per heavy atom. The normalized spacial score (nSPS) is 12.8. The van der Waals surface area contributed by atoms with Crippen molar-refractivity contribution < 1.29 is 68.3 Å². The Kier molecular flexibility index (Phi) is 11.5. The molecule has 0 fully saturated rings. The second-order valence-corrected chi connectivity index (χ2v) is 13.9. The van der Waals surface area contributed by atoms with Gasteiger partial charge in [-0.3, -0.25) is 28.3 Å². The van der Waals surface area contributed by atoms with Gasteiger partial charge < -0.3 is 40.0 Å². The quantitative estimate of drug-likeness (QED) is 0.125. The zero-order chi connectivity index (χ0) is 31.4. The molecule has 0 aliphatic rings. The highest BCUT2D eigenvalue weighted by atomic mass is 31.2. The van der Waals surface area contributed by atoms with E-state index in [2.05, 4.69) is 0 Å². The van der Waals surface area contributed by atoms with E-state index >= 15 is 0 Å². The lowest BCUT2D eigenvalue weighted by Crippen LogP contribution is -2.34. The van der Waals surface area contributed by atoms with E-state index in [1.54, 1.807) is 0 Å². The zero-order valence-electron chi connectivity index (χ0n) is 22.6. The summed E-state index contributed by atoms with van der Waals surface area (Å²) in [5.74, 6) is -5.57. The van der Waals surface area contributed by atoms with Crippen LogP contribution in [0, 0.1) is 27.7 Å². The van der Waals surface area contributed by atoms with E-state index in [1.165, 1.54) is 27.7 Å². The van der Waals surface area contributed by atoms with Gasteiger partial charge in [0.15, 0.2) is 0 Å². The zero-order valence-corrected chi connectivity index (χ0v) is 24.4. The first-order valence-electron chi connectivity index (χ1n) is 12.2. The second-order valence-electron chi connectivity index (χ2n) is 9.98. The third-order valence-electron chi connectivity index (χ3n) is 7.68. The number of rotatable bonds is 16. The molecule has 0 aromatic heterocycles. The molecular weight excluding hydrogens is 574 g/mol. The van der Waals surface area contributed by atoms with Crippen molar-refractivity contribution in [2.45, 2.75) is 89.4 Å². The smallest absolute Gasteiger partial charge is 0.336 e. The number of carboxylic acid groups (broad SMARTS) is 4. The number of hydrogen-bond donors (Lipinski definition) is 8. The van der Waals surface area contributed by atoms with Crippen LogP contribution in [-0.2, 0) is 38.6 Å². The molecule has 1 aromatic carbocycles. The molecule has 0 saturated carbocycles. The van der Waals surface area contributed by atoms with Gasteiger partial charge in [0.2, 0.25) is 0 Å². The first kappa shape index (κ1) is 35.4. The third-order valence-corrected chi connectivity index (χ3v) is 11.3. The fourth-order valence-electron chi connectivity index (χ4n) is 5.59. The summed E-state index contributed by atoms with van der Waals surface area (Å²) >= 11 is 0. The summed E-state index contributed by atoms with van der Waals surface area (Å²) in [4.78, 5) is 88.0. The SMILES string of the molecule is Cc1c(C)c(C(CCC(=O)O)(CCC(=O)O)P(=O)(O)O)c(C)c(C)c1C(CCC(=O)O)(CCC(=O)O)P(=O)(O)O. The van der Waals surface area contributed by atoms with Gasteiger partial charge in [-0.25, -0.2) is 0 Å². The molecule has 0 unspecified atom stereocenters. The number of carbonyl (C=O) groups is 4. The monoisotopic (exact) mass is 610 g/mol. The molecule has 0 saturated heterocycles. The number of benzene rings is 1. The van der Waals surface area contributed by atoms with Crippen LogP contribution in [-0.4, -0.2) is 63.9 Å². The molecule has 0 aliphatic heterocycles. The molecule has 1 rings (SSSR count). The first-order valence-corrected chi connectivity index (χ1v) is 15.4. The van der Waals surface area contributed by atoms with Gasteiger partial charge >= 0.3 is 39.1 Å². The fourth-order valence-corrected chi connectivity index (χ4v) is 8.45. The average molecular weight is 610 g/mol. The molecule has 0 bridgehead atoms. The molecule has 16 heteroatoms. The van der Waals surface area contributed by atoms with Crippen LogP contribution in [0.2, 0.25) is 0 Å². The lowest BCUT2D eigenvalue weighted by Gasteiger charge is -2.42. The lowest BCUT2D eigenvalue weighted by atomic mass is 9.74. The number of hydrogen-bond acceptors (Lipinski definition) is 6. The van der Waals surface area contributed by atoms with Crippen molar-refractivity contribution >= 4 is 39.1 Å². The van der Waals surface area contributed by atoms with E-state index in [1.807, 2.05) is 0 Å². The van der Waals surface area contributed by atoms with Gasteiger partial charge in [0.05, 0.1) is 10.3 Å². The van der Waals surface area contributed by atoms with Gasteiger partial charge in [0.25, 0.3) is 0 Å². The number of carboxylic acids is 4. The van der Waals surface area contributed by atoms with Crippen molar-refractivity contribution in [2.24, 2.45) is 0 Å². The predicted octanol–water partition coefficient (Wildman–Crippen LogP) is 3.13. The Morgan fingerprint density at radius 1 is 0.500 bits per heavy atom. The molecule has 0 spiro atoms. The summed E-state index contributed by atoms with van der Waals surface area (Å²) in [5.41, 5.74) is 0.194. The van der Waals surface area contributed by atoms with Crippen LogP contribution >= 0.6 is 15.2 Å². The highest BCUT2D eigenvalue weighted by Crippen LogP contribution is 2.67. The second kappa shape index (κ2) is 12.9. The van der Waals surface area contributed by atoms with Crippen LogP contribution in [0.3, 0.4) is 0 Å². The van der Waals surface area contributed by atoms with E-state index in [0.29, 0.717) is 0 Å². The van der Waals surface area contributed by atoms with Gasteiger partial charge in [-0.2, -0.15) is 0 Å². The highest BCUT2D eigenvalue weighted by molar-refractivity contribution is 7.53. The molecule has 14 nitrogen and oxygen atoms in total. The van der Waals surface area contributed by atoms with Crippen molar-refractivity contribution in [1.29, 1.82) is 0 Å². The molecule has 1 aromatic rings. The minimum absolute atomic E-state index is 0.0711. The first-order chi connectivity index (χ1) is 18.1. The van der Waals surface area contributed by atoms with Crippen molar-refractivity contribution in [2.75, 3.05) is 0 Å². The summed E-state index contributed by atoms with van der Waals surface area (Å²) in [6, 6.07) is 0. The van der Waals surface area contributed by atoms with E-state index in [9.17, 15) is 68.3 Å². The standard InChI is InChI=1S/C24H36O14P2/c1-13-14(2)22(24(40(36,37)38,11-7-19(29)30)12-8-20(31)32)16(4)15(3)21(13)23(39(33,34)35,9-5-17(25)26)10-6-18(27)28/h5-12H2,1-4H3,(H,25,26)(H,27,28)(H,29,30)(H,31,32)(H2,33,34,35)(H2,36,37,38). The van der Waals surface area contributed by atoms with Gasteiger partial charge in [0, 0.05) is 25.7 Å². The molecule has 8 N–H and O–H groups in total. The maximum absolute atomic E-state index is 13.1. The average Bonchev–Trinajstić information content (AvgIpc) is 2.78. The van der Waals surface area contributed by atoms with E-state index < -0.39 is 101 Å². The Morgan fingerprint density at radius 2 is 0.675 bits per heavy atom. The summed E-state index contributed by atoms with van der Waals surface area (Å²) in [7, 11) is -10.6. The van der Waals surface area contributed by atoms with E-state index in [4.69, 9.17) is 0 Å². The fraction of sp³-hybridized carbons (Fsp3) is 0.583. The maximum atomic E-state index is 13.1. The molecule has 226 valence electrons. The Bertz CT molecular complexity index is 1110. The van der Waals surface area contributed by atoms with Gasteiger partial charge in [-0.15, -0.1) is 0 Å². The lowest BCUT2D eigenvalue weighted by molar-refractivity contribution is -0.139. The Hall–Kier alpha value is -2.60. The van der Waals surface area contributed by atoms with Crippen LogP contribution < -0.4 is 0 Å². The summed E-state index contributed by atoms with van der Waals surface area (Å²) in [6.07, 6.45) is -5.52. The summed E-state index contributed by atoms with van der Waals surface area (Å²) in [5, 5.41) is 32.7. The Labute approximate surface area is 230 Å². The molecule has 0 heterocycles. The van der Waals surface area contributed by atoms with Crippen LogP contribution in [0.5, 0.6) is 0 Å². The highest BCUT2D eigenvalue weighted by Gasteiger charge is 2.54. The third kappa shape index (κ3) is 7.37. The Balaban J connectivity index is 4.33. The molecular formula is C24H36O14P2. The van der Waals surface area contributed by atoms with Crippen LogP contribution in [0.25, 0.3) is 0 Å². The minimum Gasteiger partial charge on any atom is -0.481 e. The molecule has 0 atom stereocenters. The molecule has 0 amide bonds. The topological polar surface area (TPSA) is 264 Å². The predicted molar refractivity (Wildman–Crippen MR) is 140 cm³/mol. The van der Waals surface area contributed by atoms with Crippen LogP contribution in [0.4, 0.5) is 0 Å². The van der Waals surface area contributed by atoms with Crippen molar-refractivity contribution in [1.82, 2.24) is 0 Å².